The van der Waals surface area contributed by atoms with Gasteiger partial charge in [-0.15, -0.1) is 0 Å². The van der Waals surface area contributed by atoms with E-state index in [1.807, 2.05) is 0 Å². The van der Waals surface area contributed by atoms with E-state index < -0.39 is 29.3 Å². The molecule has 0 spiro atoms. The van der Waals surface area contributed by atoms with Gasteiger partial charge in [0.2, 0.25) is 0 Å². The molecule has 0 saturated heterocycles. The number of benzene rings is 2. The smallest absolute Gasteiger partial charge is 0.289 e. The third-order valence-corrected chi connectivity index (χ3v) is 4.05. The maximum Gasteiger partial charge on any atom is 0.416 e. The van der Waals surface area contributed by atoms with Gasteiger partial charge in [-0.2, -0.15) is 26.3 Å². The highest BCUT2D eigenvalue weighted by Gasteiger charge is 2.32. The summed E-state index contributed by atoms with van der Waals surface area (Å²) in [6, 6.07) is 6.09. The normalized spacial score (nSPS) is 14.4. The Kier molecular flexibility index (Phi) is 4.77. The van der Waals surface area contributed by atoms with Gasteiger partial charge < -0.3 is 0 Å². The highest BCUT2D eigenvalue weighted by molar-refractivity contribution is 6.10. The maximum absolute atomic E-state index is 13.0. The monoisotopic (exact) mass is 382 g/mol. The molecule has 0 aliphatic heterocycles. The first-order valence-corrected chi connectivity index (χ1v) is 8.00. The third kappa shape index (κ3) is 4.51. The second-order valence-corrected chi connectivity index (χ2v) is 6.21. The molecule has 2 aromatic carbocycles. The van der Waals surface area contributed by atoms with Crippen molar-refractivity contribution in [3.63, 3.8) is 0 Å². The van der Waals surface area contributed by atoms with Crippen LogP contribution in [0, 0.1) is 17.8 Å². The summed E-state index contributed by atoms with van der Waals surface area (Å²) in [6.45, 7) is 0. The van der Waals surface area contributed by atoms with Gasteiger partial charge >= 0.3 is 12.4 Å². The maximum atomic E-state index is 13.0. The van der Waals surface area contributed by atoms with Gasteiger partial charge in [-0.3, -0.25) is 4.79 Å². The molecule has 0 unspecified atom stereocenters. The van der Waals surface area contributed by atoms with Gasteiger partial charge in [0, 0.05) is 22.6 Å². The van der Waals surface area contributed by atoms with Crippen LogP contribution in [0.2, 0.25) is 0 Å². The first-order valence-electron chi connectivity index (χ1n) is 8.00. The number of alkyl halides is 6. The van der Waals surface area contributed by atoms with Crippen LogP contribution < -0.4 is 0 Å². The molecule has 1 nitrogen and oxygen atoms in total. The molecule has 27 heavy (non-hydrogen) atoms. The zero-order valence-electron chi connectivity index (χ0n) is 13.7. The fourth-order valence-electron chi connectivity index (χ4n) is 2.40. The third-order valence-electron chi connectivity index (χ3n) is 4.05. The quantitative estimate of drug-likeness (QED) is 0.369. The van der Waals surface area contributed by atoms with E-state index >= 15 is 0 Å². The summed E-state index contributed by atoms with van der Waals surface area (Å²) in [5, 5.41) is 0. The molecule has 0 bridgehead atoms. The Morgan fingerprint density at radius 3 is 1.93 bits per heavy atom. The van der Waals surface area contributed by atoms with Crippen LogP contribution in [0.15, 0.2) is 42.5 Å². The second kappa shape index (κ2) is 6.76. The lowest BCUT2D eigenvalue weighted by Crippen LogP contribution is -2.10. The molecule has 1 fully saturated rings. The first-order chi connectivity index (χ1) is 12.6. The zero-order valence-corrected chi connectivity index (χ0v) is 13.7. The van der Waals surface area contributed by atoms with Gasteiger partial charge in [0.05, 0.1) is 11.1 Å². The molecule has 0 heterocycles. The number of rotatable bonds is 2. The van der Waals surface area contributed by atoms with Gasteiger partial charge in [0.15, 0.2) is 5.78 Å². The lowest BCUT2D eigenvalue weighted by atomic mass is 9.95. The molecule has 0 amide bonds. The van der Waals surface area contributed by atoms with Crippen LogP contribution in [0.25, 0.3) is 0 Å². The van der Waals surface area contributed by atoms with Crippen molar-refractivity contribution < 1.29 is 31.1 Å². The molecule has 0 N–H and O–H groups in total. The van der Waals surface area contributed by atoms with Crippen molar-refractivity contribution in [3.8, 4) is 11.8 Å². The van der Waals surface area contributed by atoms with E-state index in [0.717, 1.165) is 55.3 Å². The SMILES string of the molecule is O=C(c1ccc(C(F)(F)F)cc1)c1ccc(C(F)(F)F)cc1C#CC1CC1. The molecule has 1 aliphatic carbocycles. The minimum Gasteiger partial charge on any atom is -0.289 e. The van der Waals surface area contributed by atoms with Crippen molar-refractivity contribution in [2.24, 2.45) is 5.92 Å². The Hall–Kier alpha value is -2.75. The highest BCUT2D eigenvalue weighted by Crippen LogP contribution is 2.33. The lowest BCUT2D eigenvalue weighted by Gasteiger charge is -2.11. The van der Waals surface area contributed by atoms with Crippen LogP contribution in [0.4, 0.5) is 26.3 Å². The Balaban J connectivity index is 1.99. The summed E-state index contributed by atoms with van der Waals surface area (Å²) in [5.74, 6) is 4.85. The van der Waals surface area contributed by atoms with E-state index in [4.69, 9.17) is 0 Å². The topological polar surface area (TPSA) is 17.1 Å². The first kappa shape index (κ1) is 19.0. The van der Waals surface area contributed by atoms with Crippen molar-refractivity contribution in [1.29, 1.82) is 0 Å². The molecule has 0 aromatic heterocycles. The van der Waals surface area contributed by atoms with E-state index in [-0.39, 0.29) is 22.6 Å². The van der Waals surface area contributed by atoms with Crippen molar-refractivity contribution in [2.75, 3.05) is 0 Å². The molecule has 140 valence electrons. The second-order valence-electron chi connectivity index (χ2n) is 6.21. The molecule has 1 aliphatic rings. The zero-order chi connectivity index (χ0) is 19.8. The average molecular weight is 382 g/mol. The molecular formula is C20H12F6O. The number of halogens is 6. The Morgan fingerprint density at radius 2 is 1.41 bits per heavy atom. The molecule has 0 radical (unpaired) electrons. The molecule has 2 aromatic rings. The minimum absolute atomic E-state index is 0.0581. The number of carbonyl (C=O) groups excluding carboxylic acids is 1. The van der Waals surface area contributed by atoms with Crippen molar-refractivity contribution in [3.05, 3.63) is 70.3 Å². The summed E-state index contributed by atoms with van der Waals surface area (Å²) in [4.78, 5) is 12.6. The van der Waals surface area contributed by atoms with Crippen molar-refractivity contribution >= 4 is 5.78 Å². The number of hydrogen-bond donors (Lipinski definition) is 0. The molecule has 7 heteroatoms. The fourth-order valence-corrected chi connectivity index (χ4v) is 2.40. The molecule has 3 rings (SSSR count). The van der Waals surface area contributed by atoms with Gasteiger partial charge in [0.1, 0.15) is 0 Å². The summed E-state index contributed by atoms with van der Waals surface area (Å²) in [5.41, 5.74) is -2.07. The summed E-state index contributed by atoms with van der Waals surface area (Å²) >= 11 is 0. The number of ketones is 1. The van der Waals surface area contributed by atoms with Crippen LogP contribution in [-0.4, -0.2) is 5.78 Å². The van der Waals surface area contributed by atoms with Gasteiger partial charge in [-0.05, 0) is 43.2 Å². The summed E-state index contributed by atoms with van der Waals surface area (Å²) in [7, 11) is 0. The molecular weight excluding hydrogens is 370 g/mol. The fraction of sp³-hybridized carbons (Fsp3) is 0.250. The Bertz CT molecular complexity index is 922. The lowest BCUT2D eigenvalue weighted by molar-refractivity contribution is -0.138. The van der Waals surface area contributed by atoms with Crippen LogP contribution in [0.1, 0.15) is 45.5 Å². The minimum atomic E-state index is -4.59. The molecule has 1 saturated carbocycles. The van der Waals surface area contributed by atoms with Gasteiger partial charge in [-0.1, -0.05) is 24.0 Å². The van der Waals surface area contributed by atoms with Gasteiger partial charge in [-0.25, -0.2) is 0 Å². The van der Waals surface area contributed by atoms with E-state index in [1.54, 1.807) is 0 Å². The Labute approximate surface area is 151 Å². The standard InChI is InChI=1S/C20H12F6O/c21-19(22,23)15-7-5-13(6-8-15)18(27)17-10-9-16(20(24,25)26)11-14(17)4-3-12-1-2-12/h5-12H,1-2H2. The average Bonchev–Trinajstić information content (AvgIpc) is 3.42. The number of hydrogen-bond acceptors (Lipinski definition) is 1. The van der Waals surface area contributed by atoms with Crippen LogP contribution in [0.5, 0.6) is 0 Å². The van der Waals surface area contributed by atoms with E-state index in [2.05, 4.69) is 11.8 Å². The van der Waals surface area contributed by atoms with E-state index in [9.17, 15) is 31.1 Å². The van der Waals surface area contributed by atoms with Crippen LogP contribution in [0.3, 0.4) is 0 Å². The van der Waals surface area contributed by atoms with Crippen molar-refractivity contribution in [1.82, 2.24) is 0 Å². The van der Waals surface area contributed by atoms with Crippen LogP contribution in [-0.2, 0) is 12.4 Å². The van der Waals surface area contributed by atoms with Gasteiger partial charge in [0.25, 0.3) is 0 Å². The summed E-state index contributed by atoms with van der Waals surface area (Å²) in [6.07, 6.45) is -7.43. The number of carbonyl (C=O) groups is 1. The molecule has 0 atom stereocenters. The van der Waals surface area contributed by atoms with Crippen molar-refractivity contribution in [2.45, 2.75) is 25.2 Å². The highest BCUT2D eigenvalue weighted by atomic mass is 19.4. The van der Waals surface area contributed by atoms with Crippen LogP contribution >= 0.6 is 0 Å². The predicted octanol–water partition coefficient (Wildman–Crippen LogP) is 5.72. The van der Waals surface area contributed by atoms with E-state index in [1.165, 1.54) is 0 Å². The largest absolute Gasteiger partial charge is 0.416 e. The summed E-state index contributed by atoms with van der Waals surface area (Å²) < 4.78 is 76.8. The predicted molar refractivity (Wildman–Crippen MR) is 85.9 cm³/mol. The Morgan fingerprint density at radius 1 is 0.852 bits per heavy atom. The van der Waals surface area contributed by atoms with E-state index in [0.29, 0.717) is 0 Å².